The summed E-state index contributed by atoms with van der Waals surface area (Å²) in [5.41, 5.74) is 2.49. The van der Waals surface area contributed by atoms with Gasteiger partial charge >= 0.3 is 0 Å². The number of aryl methyl sites for hydroxylation is 1. The topological polar surface area (TPSA) is 40.9 Å². The first-order valence-electron chi connectivity index (χ1n) is 5.25. The summed E-state index contributed by atoms with van der Waals surface area (Å²) in [6.07, 6.45) is 0. The van der Waals surface area contributed by atoms with Crippen LogP contribution in [0.4, 0.5) is 0 Å². The average Bonchev–Trinajstić information content (AvgIpc) is 2.86. The molecule has 2 rings (SSSR count). The molecule has 0 bridgehead atoms. The van der Waals surface area contributed by atoms with Crippen LogP contribution in [0.2, 0.25) is 0 Å². The Morgan fingerprint density at radius 2 is 2.00 bits per heavy atom. The fourth-order valence-corrected chi connectivity index (χ4v) is 2.26. The third-order valence-electron chi connectivity index (χ3n) is 2.61. The lowest BCUT2D eigenvalue weighted by Gasteiger charge is -2.07. The highest BCUT2D eigenvalue weighted by Gasteiger charge is 2.21. The Kier molecular flexibility index (Phi) is 3.36. The van der Waals surface area contributed by atoms with Crippen molar-refractivity contribution in [3.63, 3.8) is 0 Å². The molecule has 1 aromatic heterocycles. The first kappa shape index (κ1) is 11.6. The molecule has 0 aliphatic carbocycles. The molecule has 1 heterocycles. The van der Waals surface area contributed by atoms with Gasteiger partial charge in [-0.25, -0.2) is 0 Å². The summed E-state index contributed by atoms with van der Waals surface area (Å²) < 4.78 is 0. The second-order valence-corrected chi connectivity index (χ2v) is 4.63. The second kappa shape index (κ2) is 4.94. The number of rotatable bonds is 3. The van der Waals surface area contributed by atoms with E-state index in [1.807, 2.05) is 36.6 Å². The molecule has 3 heteroatoms. The number of nitrogens with zero attached hydrogens (tertiary/aromatic N) is 1. The predicted octanol–water partition coefficient (Wildman–Crippen LogP) is 3.55. The number of hydrogen-bond donors (Lipinski definition) is 0. The number of carbonyl (C=O) groups is 1. The van der Waals surface area contributed by atoms with Crippen molar-refractivity contribution in [3.8, 4) is 6.07 Å². The first-order chi connectivity index (χ1) is 8.22. The van der Waals surface area contributed by atoms with Crippen LogP contribution in [0, 0.1) is 18.3 Å². The summed E-state index contributed by atoms with van der Waals surface area (Å²) >= 11 is 1.46. The number of thiophene rings is 1. The number of nitriles is 1. The highest BCUT2D eigenvalue weighted by molar-refractivity contribution is 7.08. The lowest BCUT2D eigenvalue weighted by molar-refractivity contribution is 0.0979. The SMILES string of the molecule is Cc1ccc(C(C#N)C(=O)c2ccsc2)cc1. The van der Waals surface area contributed by atoms with E-state index in [1.54, 1.807) is 11.4 Å². The summed E-state index contributed by atoms with van der Waals surface area (Å²) in [6.45, 7) is 1.98. The molecule has 17 heavy (non-hydrogen) atoms. The molecule has 0 saturated carbocycles. The maximum atomic E-state index is 12.1. The quantitative estimate of drug-likeness (QED) is 0.771. The first-order valence-corrected chi connectivity index (χ1v) is 6.19. The van der Waals surface area contributed by atoms with Crippen molar-refractivity contribution < 1.29 is 4.79 Å². The summed E-state index contributed by atoms with van der Waals surface area (Å²) in [7, 11) is 0. The van der Waals surface area contributed by atoms with Gasteiger partial charge in [-0.1, -0.05) is 29.8 Å². The van der Waals surface area contributed by atoms with Crippen molar-refractivity contribution in [3.05, 3.63) is 57.8 Å². The molecule has 0 aliphatic heterocycles. The van der Waals surface area contributed by atoms with Gasteiger partial charge in [-0.05, 0) is 23.9 Å². The van der Waals surface area contributed by atoms with E-state index in [4.69, 9.17) is 5.26 Å². The van der Waals surface area contributed by atoms with Gasteiger partial charge < -0.3 is 0 Å². The molecule has 0 fully saturated rings. The fraction of sp³-hybridized carbons (Fsp3) is 0.143. The molecular weight excluding hydrogens is 230 g/mol. The summed E-state index contributed by atoms with van der Waals surface area (Å²) in [4.78, 5) is 12.1. The zero-order valence-corrected chi connectivity index (χ0v) is 10.2. The van der Waals surface area contributed by atoms with Gasteiger partial charge in [0.2, 0.25) is 0 Å². The summed E-state index contributed by atoms with van der Waals surface area (Å²) in [5, 5.41) is 12.8. The van der Waals surface area contributed by atoms with Crippen molar-refractivity contribution in [1.82, 2.24) is 0 Å². The van der Waals surface area contributed by atoms with Gasteiger partial charge in [-0.3, -0.25) is 4.79 Å². The third kappa shape index (κ3) is 2.43. The third-order valence-corrected chi connectivity index (χ3v) is 3.29. The molecule has 2 aromatic rings. The van der Waals surface area contributed by atoms with Crippen LogP contribution in [0.5, 0.6) is 0 Å². The maximum Gasteiger partial charge on any atom is 0.185 e. The molecule has 0 amide bonds. The standard InChI is InChI=1S/C14H11NOS/c1-10-2-4-11(5-3-10)13(8-15)14(16)12-6-7-17-9-12/h2-7,9,13H,1H3. The van der Waals surface area contributed by atoms with Crippen molar-refractivity contribution in [2.75, 3.05) is 0 Å². The number of carbonyl (C=O) groups excluding carboxylic acids is 1. The lowest BCUT2D eigenvalue weighted by Crippen LogP contribution is -2.10. The van der Waals surface area contributed by atoms with Gasteiger partial charge in [0.15, 0.2) is 5.78 Å². The smallest absolute Gasteiger partial charge is 0.185 e. The Morgan fingerprint density at radius 3 is 2.53 bits per heavy atom. The molecule has 1 unspecified atom stereocenters. The molecule has 0 radical (unpaired) electrons. The molecule has 1 aromatic carbocycles. The van der Waals surface area contributed by atoms with Crippen LogP contribution < -0.4 is 0 Å². The Hall–Kier alpha value is -1.92. The second-order valence-electron chi connectivity index (χ2n) is 3.85. The highest BCUT2D eigenvalue weighted by atomic mass is 32.1. The molecule has 1 atom stereocenters. The Morgan fingerprint density at radius 1 is 1.29 bits per heavy atom. The Bertz CT molecular complexity index is 549. The zero-order valence-electron chi connectivity index (χ0n) is 9.38. The van der Waals surface area contributed by atoms with Gasteiger partial charge in [0.1, 0.15) is 5.92 Å². The molecule has 84 valence electrons. The minimum atomic E-state index is -0.704. The van der Waals surface area contributed by atoms with Crippen LogP contribution in [0.1, 0.15) is 27.4 Å². The Labute approximate surface area is 104 Å². The largest absolute Gasteiger partial charge is 0.292 e. The average molecular weight is 241 g/mol. The van der Waals surface area contributed by atoms with Crippen LogP contribution in [0.15, 0.2) is 41.1 Å². The van der Waals surface area contributed by atoms with E-state index in [0.29, 0.717) is 5.56 Å². The van der Waals surface area contributed by atoms with E-state index < -0.39 is 5.92 Å². The van der Waals surface area contributed by atoms with Gasteiger partial charge in [-0.15, -0.1) is 0 Å². The van der Waals surface area contributed by atoms with Crippen LogP contribution in [0.25, 0.3) is 0 Å². The summed E-state index contributed by atoms with van der Waals surface area (Å²) in [6, 6.07) is 11.4. The van der Waals surface area contributed by atoms with Gasteiger partial charge in [0.25, 0.3) is 0 Å². The van der Waals surface area contributed by atoms with Crippen molar-refractivity contribution >= 4 is 17.1 Å². The van der Waals surface area contributed by atoms with E-state index in [0.717, 1.165) is 11.1 Å². The lowest BCUT2D eigenvalue weighted by atomic mass is 9.92. The van der Waals surface area contributed by atoms with Gasteiger partial charge in [-0.2, -0.15) is 16.6 Å². The normalized spacial score (nSPS) is 11.8. The van der Waals surface area contributed by atoms with E-state index in [9.17, 15) is 4.79 Å². The minimum absolute atomic E-state index is 0.127. The number of benzene rings is 1. The van der Waals surface area contributed by atoms with Crippen LogP contribution in [-0.4, -0.2) is 5.78 Å². The molecule has 2 nitrogen and oxygen atoms in total. The van der Waals surface area contributed by atoms with E-state index >= 15 is 0 Å². The highest BCUT2D eigenvalue weighted by Crippen LogP contribution is 2.22. The number of ketones is 1. The van der Waals surface area contributed by atoms with E-state index in [2.05, 4.69) is 6.07 Å². The number of hydrogen-bond acceptors (Lipinski definition) is 3. The van der Waals surface area contributed by atoms with Crippen LogP contribution in [-0.2, 0) is 0 Å². The molecule has 0 spiro atoms. The van der Waals surface area contributed by atoms with Crippen LogP contribution >= 0.6 is 11.3 Å². The predicted molar refractivity (Wildman–Crippen MR) is 68.2 cm³/mol. The number of Topliss-reactive ketones (excluding diaryl/α,β-unsaturated/α-hetero) is 1. The van der Waals surface area contributed by atoms with Crippen molar-refractivity contribution in [1.29, 1.82) is 5.26 Å². The van der Waals surface area contributed by atoms with Crippen molar-refractivity contribution in [2.45, 2.75) is 12.8 Å². The van der Waals surface area contributed by atoms with Gasteiger partial charge in [0, 0.05) is 10.9 Å². The van der Waals surface area contributed by atoms with Crippen molar-refractivity contribution in [2.24, 2.45) is 0 Å². The maximum absolute atomic E-state index is 12.1. The van der Waals surface area contributed by atoms with Gasteiger partial charge in [0.05, 0.1) is 6.07 Å². The summed E-state index contributed by atoms with van der Waals surface area (Å²) in [5.74, 6) is -0.831. The fourth-order valence-electron chi connectivity index (χ4n) is 1.61. The molecular formula is C14H11NOS. The molecule has 0 N–H and O–H groups in total. The van der Waals surface area contributed by atoms with E-state index in [1.165, 1.54) is 11.3 Å². The Balaban J connectivity index is 2.32. The minimum Gasteiger partial charge on any atom is -0.292 e. The molecule has 0 saturated heterocycles. The monoisotopic (exact) mass is 241 g/mol. The van der Waals surface area contributed by atoms with Crippen LogP contribution in [0.3, 0.4) is 0 Å². The van der Waals surface area contributed by atoms with E-state index in [-0.39, 0.29) is 5.78 Å². The zero-order chi connectivity index (χ0) is 12.3. The molecule has 0 aliphatic rings.